The molecule has 9 heteroatoms. The van der Waals surface area contributed by atoms with E-state index in [2.05, 4.69) is 0 Å². The Labute approximate surface area is 253 Å². The molecule has 1 saturated carbocycles. The summed E-state index contributed by atoms with van der Waals surface area (Å²) in [6.45, 7) is 7.48. The summed E-state index contributed by atoms with van der Waals surface area (Å²) >= 11 is 0. The van der Waals surface area contributed by atoms with Crippen molar-refractivity contribution in [1.29, 1.82) is 0 Å². The van der Waals surface area contributed by atoms with Gasteiger partial charge >= 0.3 is 6.09 Å². The van der Waals surface area contributed by atoms with Gasteiger partial charge in [0.15, 0.2) is 0 Å². The number of hydrogen-bond acceptors (Lipinski definition) is 8. The largest absolute Gasteiger partial charge is 0.497 e. The van der Waals surface area contributed by atoms with E-state index in [-0.39, 0.29) is 24.4 Å². The van der Waals surface area contributed by atoms with Crippen LogP contribution >= 0.6 is 0 Å². The molecule has 230 valence electrons. The number of nitrogen functional groups attached to an aromatic ring is 1. The van der Waals surface area contributed by atoms with E-state index in [1.54, 1.807) is 12.0 Å². The van der Waals surface area contributed by atoms with Gasteiger partial charge in [-0.15, -0.1) is 0 Å². The number of nitrogens with two attached hydrogens (primary N) is 1. The van der Waals surface area contributed by atoms with E-state index < -0.39 is 5.60 Å². The van der Waals surface area contributed by atoms with Gasteiger partial charge in [0.1, 0.15) is 35.3 Å². The van der Waals surface area contributed by atoms with Crippen molar-refractivity contribution in [2.24, 2.45) is 5.92 Å². The van der Waals surface area contributed by atoms with E-state index in [9.17, 15) is 9.90 Å². The number of amides is 1. The lowest BCUT2D eigenvalue weighted by Crippen LogP contribution is -2.41. The number of aliphatic hydroxyl groups is 1. The van der Waals surface area contributed by atoms with Gasteiger partial charge in [-0.2, -0.15) is 0 Å². The molecule has 0 spiro atoms. The first-order valence-electron chi connectivity index (χ1n) is 15.0. The van der Waals surface area contributed by atoms with Gasteiger partial charge in [0, 0.05) is 18.7 Å². The van der Waals surface area contributed by atoms with Crippen LogP contribution in [0.25, 0.3) is 11.3 Å². The topological polar surface area (TPSA) is 116 Å². The van der Waals surface area contributed by atoms with Crippen LogP contribution in [0.15, 0.2) is 48.5 Å². The molecule has 1 saturated heterocycles. The number of aliphatic hydroxyl groups excluding tert-OH is 1. The van der Waals surface area contributed by atoms with E-state index in [1.807, 2.05) is 69.3 Å². The van der Waals surface area contributed by atoms with Crippen molar-refractivity contribution in [3.63, 3.8) is 0 Å². The van der Waals surface area contributed by atoms with Gasteiger partial charge in [-0.05, 0) is 99.7 Å². The van der Waals surface area contributed by atoms with Gasteiger partial charge in [0.25, 0.3) is 0 Å². The molecule has 43 heavy (non-hydrogen) atoms. The van der Waals surface area contributed by atoms with Crippen molar-refractivity contribution < 1.29 is 28.8 Å². The fourth-order valence-electron chi connectivity index (χ4n) is 5.35. The SMILES string of the molecule is COc1ccc(COc2cccc(OCC3CC3)c2-c2cc(C3CCN(C(=O)OC(C)(C)C)CC3)c(CO)c(N)n2)cc1. The van der Waals surface area contributed by atoms with Crippen LogP contribution in [0.4, 0.5) is 10.6 Å². The monoisotopic (exact) mass is 589 g/mol. The van der Waals surface area contributed by atoms with Crippen LogP contribution < -0.4 is 19.9 Å². The number of piperidine rings is 1. The van der Waals surface area contributed by atoms with E-state index in [1.165, 1.54) is 12.8 Å². The third-order valence-corrected chi connectivity index (χ3v) is 7.90. The molecule has 1 aromatic heterocycles. The Morgan fingerprint density at radius 2 is 1.70 bits per heavy atom. The van der Waals surface area contributed by atoms with Crippen LogP contribution in [0, 0.1) is 5.92 Å². The van der Waals surface area contributed by atoms with Gasteiger partial charge in [0.2, 0.25) is 0 Å². The molecule has 0 radical (unpaired) electrons. The minimum absolute atomic E-state index is 0.0908. The molecule has 2 aromatic carbocycles. The maximum atomic E-state index is 12.7. The molecule has 0 atom stereocenters. The van der Waals surface area contributed by atoms with Gasteiger partial charge in [-0.3, -0.25) is 0 Å². The average Bonchev–Trinajstić information content (AvgIpc) is 3.83. The number of nitrogens with zero attached hydrogens (tertiary/aromatic N) is 2. The molecule has 1 aliphatic carbocycles. The lowest BCUT2D eigenvalue weighted by molar-refractivity contribution is 0.0204. The number of carbonyl (C=O) groups is 1. The normalized spacial score (nSPS) is 15.7. The first kappa shape index (κ1) is 30.5. The molecule has 3 aromatic rings. The smallest absolute Gasteiger partial charge is 0.410 e. The summed E-state index contributed by atoms with van der Waals surface area (Å²) in [5.74, 6) is 3.05. The highest BCUT2D eigenvalue weighted by Gasteiger charge is 2.30. The zero-order chi connectivity index (χ0) is 30.6. The highest BCUT2D eigenvalue weighted by molar-refractivity contribution is 5.76. The third kappa shape index (κ3) is 7.70. The maximum absolute atomic E-state index is 12.7. The number of ether oxygens (including phenoxy) is 4. The Morgan fingerprint density at radius 1 is 1.02 bits per heavy atom. The number of benzene rings is 2. The third-order valence-electron chi connectivity index (χ3n) is 7.90. The predicted octanol–water partition coefficient (Wildman–Crippen LogP) is 6.31. The first-order valence-corrected chi connectivity index (χ1v) is 15.0. The maximum Gasteiger partial charge on any atom is 0.410 e. The summed E-state index contributed by atoms with van der Waals surface area (Å²) in [4.78, 5) is 19.2. The molecule has 1 aliphatic heterocycles. The zero-order valence-corrected chi connectivity index (χ0v) is 25.6. The van der Waals surface area contributed by atoms with Crippen LogP contribution in [0.2, 0.25) is 0 Å². The Morgan fingerprint density at radius 3 is 2.30 bits per heavy atom. The van der Waals surface area contributed by atoms with Gasteiger partial charge in [0.05, 0.1) is 31.6 Å². The van der Waals surface area contributed by atoms with Crippen LogP contribution in [0.1, 0.15) is 69.1 Å². The molecular formula is C34H43N3O6. The Hall–Kier alpha value is -3.98. The molecule has 3 N–H and O–H groups in total. The molecular weight excluding hydrogens is 546 g/mol. The highest BCUT2D eigenvalue weighted by atomic mass is 16.6. The number of methoxy groups -OCH3 is 1. The van der Waals surface area contributed by atoms with E-state index in [0.717, 1.165) is 35.3 Å². The molecule has 2 fully saturated rings. The summed E-state index contributed by atoms with van der Waals surface area (Å²) in [5.41, 5.74) is 9.88. The Balaban J connectivity index is 1.44. The minimum Gasteiger partial charge on any atom is -0.497 e. The van der Waals surface area contributed by atoms with E-state index >= 15 is 0 Å². The molecule has 0 bridgehead atoms. The summed E-state index contributed by atoms with van der Waals surface area (Å²) in [5, 5.41) is 10.3. The average molecular weight is 590 g/mol. The molecule has 9 nitrogen and oxygen atoms in total. The first-order chi connectivity index (χ1) is 20.6. The number of aromatic nitrogens is 1. The molecule has 2 heterocycles. The van der Waals surface area contributed by atoms with Crippen molar-refractivity contribution in [3.8, 4) is 28.5 Å². The van der Waals surface area contributed by atoms with Crippen molar-refractivity contribution in [2.75, 3.05) is 32.5 Å². The molecule has 2 aliphatic rings. The molecule has 5 rings (SSSR count). The summed E-state index contributed by atoms with van der Waals surface area (Å²) in [6, 6.07) is 15.5. The number of hydrogen-bond donors (Lipinski definition) is 2. The van der Waals surface area contributed by atoms with E-state index in [4.69, 9.17) is 29.7 Å². The molecule has 0 unspecified atom stereocenters. The second-order valence-corrected chi connectivity index (χ2v) is 12.4. The van der Waals surface area contributed by atoms with Crippen LogP contribution in [-0.2, 0) is 18.0 Å². The Kier molecular flexibility index (Phi) is 9.30. The number of pyridine rings is 1. The lowest BCUT2D eigenvalue weighted by atomic mass is 9.86. The van der Waals surface area contributed by atoms with E-state index in [0.29, 0.717) is 55.0 Å². The van der Waals surface area contributed by atoms with Gasteiger partial charge in [-0.25, -0.2) is 9.78 Å². The standard InChI is InChI=1S/C34H43N3O6/c1-34(2,3)43-33(39)37-16-14-24(15-17-37)26-18-28(36-32(35)27(26)19-38)31-29(41-20-22-8-9-22)6-5-7-30(31)42-21-23-10-12-25(40-4)13-11-23/h5-7,10-13,18,22,24,38H,8-9,14-17,19-21H2,1-4H3,(H2,35,36). The summed E-state index contributed by atoms with van der Waals surface area (Å²) in [6.07, 6.45) is 3.48. The minimum atomic E-state index is -0.547. The fraction of sp³-hybridized carbons (Fsp3) is 0.471. The highest BCUT2D eigenvalue weighted by Crippen LogP contribution is 2.42. The van der Waals surface area contributed by atoms with Gasteiger partial charge < -0.3 is 34.7 Å². The van der Waals surface area contributed by atoms with Gasteiger partial charge in [-0.1, -0.05) is 18.2 Å². The Bertz CT molecular complexity index is 1410. The zero-order valence-electron chi connectivity index (χ0n) is 25.6. The fourth-order valence-corrected chi connectivity index (χ4v) is 5.35. The number of likely N-dealkylation sites (tertiary alicyclic amines) is 1. The van der Waals surface area contributed by atoms with Crippen molar-refractivity contribution in [2.45, 2.75) is 71.2 Å². The predicted molar refractivity (Wildman–Crippen MR) is 165 cm³/mol. The van der Waals surface area contributed by atoms with Crippen LogP contribution in [0.3, 0.4) is 0 Å². The van der Waals surface area contributed by atoms with Crippen molar-refractivity contribution in [1.82, 2.24) is 9.88 Å². The van der Waals surface area contributed by atoms with Crippen molar-refractivity contribution >= 4 is 11.9 Å². The van der Waals surface area contributed by atoms with Crippen molar-refractivity contribution in [3.05, 3.63) is 65.2 Å². The second-order valence-electron chi connectivity index (χ2n) is 12.4. The summed E-state index contributed by atoms with van der Waals surface area (Å²) in [7, 11) is 1.64. The van der Waals surface area contributed by atoms with Crippen LogP contribution in [-0.4, -0.2) is 53.5 Å². The quantitative estimate of drug-likeness (QED) is 0.283. The molecule has 1 amide bonds. The lowest BCUT2D eigenvalue weighted by Gasteiger charge is -2.34. The number of rotatable bonds is 10. The summed E-state index contributed by atoms with van der Waals surface area (Å²) < 4.78 is 23.5. The second kappa shape index (κ2) is 13.1. The van der Waals surface area contributed by atoms with Crippen LogP contribution in [0.5, 0.6) is 17.2 Å². The number of carbonyl (C=O) groups excluding carboxylic acids is 1. The number of anilines is 1.